The summed E-state index contributed by atoms with van der Waals surface area (Å²) in [5, 5.41) is 13.1. The predicted octanol–water partition coefficient (Wildman–Crippen LogP) is 3.52. The minimum Gasteiger partial charge on any atom is -0.396 e. The highest BCUT2D eigenvalue weighted by molar-refractivity contribution is 6.30. The topological polar surface area (TPSA) is 78.4 Å². The third-order valence-corrected chi connectivity index (χ3v) is 5.11. The molecule has 0 radical (unpaired) electrons. The average molecular weight is 403 g/mol. The first-order valence-electron chi connectivity index (χ1n) is 9.71. The summed E-state index contributed by atoms with van der Waals surface area (Å²) in [6.45, 7) is 5.36. The molecule has 2 aromatic rings. The van der Waals surface area contributed by atoms with Crippen LogP contribution in [0.2, 0.25) is 5.02 Å². The first kappa shape index (κ1) is 20.6. The molecule has 1 atom stereocenters. The Morgan fingerprint density at radius 2 is 2.07 bits per heavy atom. The summed E-state index contributed by atoms with van der Waals surface area (Å²) in [4.78, 5) is 23.8. The van der Waals surface area contributed by atoms with Gasteiger partial charge in [-0.15, -0.1) is 0 Å². The molecule has 1 unspecified atom stereocenters. The Hall–Kier alpha value is -2.18. The average Bonchev–Trinajstić information content (AvgIpc) is 2.67. The van der Waals surface area contributed by atoms with E-state index in [1.165, 1.54) is 0 Å². The van der Waals surface area contributed by atoms with Crippen molar-refractivity contribution in [2.45, 2.75) is 45.7 Å². The van der Waals surface area contributed by atoms with Crippen molar-refractivity contribution in [1.29, 1.82) is 0 Å². The van der Waals surface area contributed by atoms with Crippen molar-refractivity contribution in [3.8, 4) is 0 Å². The van der Waals surface area contributed by atoms with E-state index in [9.17, 15) is 9.90 Å². The van der Waals surface area contributed by atoms with E-state index in [0.717, 1.165) is 35.5 Å². The zero-order valence-electron chi connectivity index (χ0n) is 16.4. The van der Waals surface area contributed by atoms with Crippen LogP contribution in [0.4, 0.5) is 4.79 Å². The molecular formula is C21H27ClN4O2. The summed E-state index contributed by atoms with van der Waals surface area (Å²) in [5.41, 5.74) is 2.96. The van der Waals surface area contributed by atoms with Crippen LogP contribution in [0.1, 0.15) is 49.0 Å². The van der Waals surface area contributed by atoms with E-state index in [4.69, 9.17) is 11.6 Å². The summed E-state index contributed by atoms with van der Waals surface area (Å²) in [7, 11) is 0. The molecule has 150 valence electrons. The van der Waals surface area contributed by atoms with Gasteiger partial charge in [0.15, 0.2) is 0 Å². The zero-order valence-corrected chi connectivity index (χ0v) is 17.1. The molecule has 28 heavy (non-hydrogen) atoms. The van der Waals surface area contributed by atoms with Crippen molar-refractivity contribution < 1.29 is 9.90 Å². The number of hydrogen-bond acceptors (Lipinski definition) is 4. The molecule has 0 saturated carbocycles. The molecule has 2 amide bonds. The molecule has 0 saturated heterocycles. The second-order valence-electron chi connectivity index (χ2n) is 7.59. The summed E-state index contributed by atoms with van der Waals surface area (Å²) < 4.78 is 0. The number of nitrogens with one attached hydrogen (secondary N) is 1. The number of benzene rings is 1. The second-order valence-corrected chi connectivity index (χ2v) is 8.03. The Morgan fingerprint density at radius 3 is 2.75 bits per heavy atom. The van der Waals surface area contributed by atoms with Gasteiger partial charge in [0.05, 0.1) is 18.3 Å². The van der Waals surface area contributed by atoms with Crippen molar-refractivity contribution in [3.05, 3.63) is 58.1 Å². The van der Waals surface area contributed by atoms with E-state index in [1.54, 1.807) is 17.0 Å². The van der Waals surface area contributed by atoms with Crippen molar-refractivity contribution >= 4 is 17.6 Å². The Bertz CT molecular complexity index is 811. The number of carbonyl (C=O) groups excluding carboxylic acids is 1. The molecule has 6 nitrogen and oxygen atoms in total. The van der Waals surface area contributed by atoms with Gasteiger partial charge in [-0.25, -0.2) is 14.8 Å². The maximum atomic E-state index is 12.9. The number of rotatable bonds is 6. The van der Waals surface area contributed by atoms with Gasteiger partial charge in [0.1, 0.15) is 5.82 Å². The number of urea groups is 1. The Balaban J connectivity index is 1.69. The zero-order chi connectivity index (χ0) is 20.1. The summed E-state index contributed by atoms with van der Waals surface area (Å²) in [6.07, 6.45) is 3.92. The highest BCUT2D eigenvalue weighted by Gasteiger charge is 2.24. The lowest BCUT2D eigenvalue weighted by molar-refractivity contribution is 0.183. The van der Waals surface area contributed by atoms with Gasteiger partial charge in [0.25, 0.3) is 0 Å². The summed E-state index contributed by atoms with van der Waals surface area (Å²) in [5.74, 6) is 1.31. The first-order valence-corrected chi connectivity index (χ1v) is 10.1. The minimum atomic E-state index is -0.266. The fraction of sp³-hybridized carbons (Fsp3) is 0.476. The van der Waals surface area contributed by atoms with Gasteiger partial charge in [-0.3, -0.25) is 0 Å². The van der Waals surface area contributed by atoms with Crippen molar-refractivity contribution in [3.63, 3.8) is 0 Å². The van der Waals surface area contributed by atoms with Crippen LogP contribution in [0.15, 0.2) is 30.5 Å². The number of halogens is 1. The van der Waals surface area contributed by atoms with Gasteiger partial charge < -0.3 is 15.3 Å². The number of aliphatic hydroxyl groups is 1. The van der Waals surface area contributed by atoms with Crippen LogP contribution in [-0.4, -0.2) is 39.2 Å². The van der Waals surface area contributed by atoms with Crippen LogP contribution in [0.3, 0.4) is 0 Å². The molecule has 1 aromatic heterocycles. The quantitative estimate of drug-likeness (QED) is 0.774. The Labute approximate surface area is 171 Å². The number of carbonyl (C=O) groups is 1. The Morgan fingerprint density at radius 1 is 1.32 bits per heavy atom. The van der Waals surface area contributed by atoms with Gasteiger partial charge in [-0.05, 0) is 42.0 Å². The van der Waals surface area contributed by atoms with Crippen molar-refractivity contribution in [2.24, 2.45) is 5.92 Å². The molecule has 0 spiro atoms. The highest BCUT2D eigenvalue weighted by Crippen LogP contribution is 2.22. The minimum absolute atomic E-state index is 0.0117. The van der Waals surface area contributed by atoms with Crippen molar-refractivity contribution in [1.82, 2.24) is 20.2 Å². The molecular weight excluding hydrogens is 376 g/mol. The highest BCUT2D eigenvalue weighted by atomic mass is 35.5. The van der Waals surface area contributed by atoms with Crippen LogP contribution in [0, 0.1) is 5.92 Å². The lowest BCUT2D eigenvalue weighted by Crippen LogP contribution is -2.44. The number of fused-ring (bicyclic) bond motifs is 1. The predicted molar refractivity (Wildman–Crippen MR) is 109 cm³/mol. The summed E-state index contributed by atoms with van der Waals surface area (Å²) >= 11 is 5.96. The van der Waals surface area contributed by atoms with E-state index >= 15 is 0 Å². The monoisotopic (exact) mass is 402 g/mol. The van der Waals surface area contributed by atoms with Crippen LogP contribution < -0.4 is 5.32 Å². The van der Waals surface area contributed by atoms with E-state index in [1.807, 2.05) is 18.3 Å². The number of amides is 2. The maximum Gasteiger partial charge on any atom is 0.318 e. The first-order chi connectivity index (χ1) is 13.5. The van der Waals surface area contributed by atoms with Gasteiger partial charge in [-0.2, -0.15) is 0 Å². The molecule has 3 rings (SSSR count). The molecule has 1 aliphatic rings. The smallest absolute Gasteiger partial charge is 0.318 e. The standard InChI is InChI=1S/C21H27ClN4O2/c1-14(2)11-20-23-12-16-7-9-26(13-19(16)24-20)21(28)25-18(8-10-27)15-3-5-17(22)6-4-15/h3-6,12,14,18,27H,7-11,13H2,1-2H3,(H,25,28). The van der Waals surface area contributed by atoms with Crippen molar-refractivity contribution in [2.75, 3.05) is 13.2 Å². The fourth-order valence-electron chi connectivity index (χ4n) is 3.37. The van der Waals surface area contributed by atoms with Gasteiger partial charge in [0, 0.05) is 30.8 Å². The molecule has 7 heteroatoms. The van der Waals surface area contributed by atoms with Gasteiger partial charge in [-0.1, -0.05) is 37.6 Å². The van der Waals surface area contributed by atoms with E-state index in [0.29, 0.717) is 30.5 Å². The third kappa shape index (κ3) is 5.20. The van der Waals surface area contributed by atoms with E-state index in [-0.39, 0.29) is 18.7 Å². The molecule has 2 heterocycles. The number of nitrogens with zero attached hydrogens (tertiary/aromatic N) is 3. The maximum absolute atomic E-state index is 12.9. The number of hydrogen-bond donors (Lipinski definition) is 2. The Kier molecular flexibility index (Phi) is 6.86. The SMILES string of the molecule is CC(C)Cc1ncc2c(n1)CN(C(=O)NC(CCO)c1ccc(Cl)cc1)CC2. The third-order valence-electron chi connectivity index (χ3n) is 4.86. The molecule has 2 N–H and O–H groups in total. The van der Waals surface area contributed by atoms with E-state index < -0.39 is 0 Å². The van der Waals surface area contributed by atoms with Gasteiger partial charge >= 0.3 is 6.03 Å². The molecule has 0 bridgehead atoms. The summed E-state index contributed by atoms with van der Waals surface area (Å²) in [6, 6.07) is 6.91. The molecule has 0 aliphatic carbocycles. The van der Waals surface area contributed by atoms with Gasteiger partial charge in [0.2, 0.25) is 0 Å². The van der Waals surface area contributed by atoms with Crippen LogP contribution in [0.5, 0.6) is 0 Å². The number of aromatic nitrogens is 2. The van der Waals surface area contributed by atoms with Crippen LogP contribution in [0.25, 0.3) is 0 Å². The van der Waals surface area contributed by atoms with Crippen LogP contribution in [-0.2, 0) is 19.4 Å². The van der Waals surface area contributed by atoms with E-state index in [2.05, 4.69) is 29.1 Å². The molecule has 1 aromatic carbocycles. The second kappa shape index (κ2) is 9.34. The molecule has 0 fully saturated rings. The largest absolute Gasteiger partial charge is 0.396 e. The normalized spacial score (nSPS) is 14.7. The fourth-order valence-corrected chi connectivity index (χ4v) is 3.49. The molecule has 1 aliphatic heterocycles. The van der Waals surface area contributed by atoms with Crippen LogP contribution >= 0.6 is 11.6 Å². The lowest BCUT2D eigenvalue weighted by atomic mass is 10.0. The lowest BCUT2D eigenvalue weighted by Gasteiger charge is -2.30. The number of aliphatic hydroxyl groups excluding tert-OH is 1.